The quantitative estimate of drug-likeness (QED) is 0.674. The summed E-state index contributed by atoms with van der Waals surface area (Å²) in [7, 11) is 0. The number of hydrogen-bond donors (Lipinski definition) is 2. The van der Waals surface area contributed by atoms with Crippen LogP contribution in [0.2, 0.25) is 0 Å². The van der Waals surface area contributed by atoms with Gasteiger partial charge in [0.25, 0.3) is 5.91 Å². The number of fused-ring (bicyclic) bond motifs is 1. The van der Waals surface area contributed by atoms with Gasteiger partial charge in [0, 0.05) is 43.0 Å². The third kappa shape index (κ3) is 3.66. The van der Waals surface area contributed by atoms with Crippen molar-refractivity contribution in [3.8, 4) is 16.3 Å². The lowest BCUT2D eigenvalue weighted by molar-refractivity contribution is 0.102. The Bertz CT molecular complexity index is 1090. The van der Waals surface area contributed by atoms with E-state index in [1.807, 2.05) is 37.3 Å². The highest BCUT2D eigenvalue weighted by molar-refractivity contribution is 7.15. The molecule has 0 bridgehead atoms. The van der Waals surface area contributed by atoms with Gasteiger partial charge in [0.2, 0.25) is 0 Å². The van der Waals surface area contributed by atoms with Gasteiger partial charge in [-0.25, -0.2) is 4.98 Å². The number of hydrogen-bond acceptors (Lipinski definition) is 6. The Morgan fingerprint density at radius 3 is 2.90 bits per heavy atom. The molecule has 0 aliphatic carbocycles. The largest absolute Gasteiger partial charge is 0.493 e. The lowest BCUT2D eigenvalue weighted by Crippen LogP contribution is -2.43. The summed E-state index contributed by atoms with van der Waals surface area (Å²) in [6, 6.07) is 14.1. The second-order valence-electron chi connectivity index (χ2n) is 7.55. The van der Waals surface area contributed by atoms with E-state index in [2.05, 4.69) is 32.7 Å². The van der Waals surface area contributed by atoms with Gasteiger partial charge in [-0.05, 0) is 42.8 Å². The first kappa shape index (κ1) is 19.1. The van der Waals surface area contributed by atoms with Crippen molar-refractivity contribution in [1.29, 1.82) is 0 Å². The van der Waals surface area contributed by atoms with Crippen LogP contribution in [-0.2, 0) is 6.42 Å². The topological polar surface area (TPSA) is 66.5 Å². The Kier molecular flexibility index (Phi) is 5.14. The van der Waals surface area contributed by atoms with Gasteiger partial charge >= 0.3 is 0 Å². The number of thiazole rings is 1. The first-order valence-electron chi connectivity index (χ1n) is 10.3. The summed E-state index contributed by atoms with van der Waals surface area (Å²) in [6.07, 6.45) is 0.920. The molecule has 0 unspecified atom stereocenters. The third-order valence-electron chi connectivity index (χ3n) is 5.56. The Balaban J connectivity index is 1.39. The number of para-hydroxylation sites is 2. The summed E-state index contributed by atoms with van der Waals surface area (Å²) < 4.78 is 5.60. The van der Waals surface area contributed by atoms with Crippen LogP contribution < -0.4 is 20.3 Å². The molecule has 1 fully saturated rings. The Morgan fingerprint density at radius 1 is 1.20 bits per heavy atom. The number of piperazine rings is 1. The highest BCUT2D eigenvalue weighted by atomic mass is 32.1. The SMILES string of the molecule is Cc1sc(-c2ccc3c(c2)CCO3)nc1C(=O)Nc1ccccc1N1CCNCC1. The molecule has 30 heavy (non-hydrogen) atoms. The average molecular weight is 421 g/mol. The number of aromatic nitrogens is 1. The molecule has 2 aromatic carbocycles. The van der Waals surface area contributed by atoms with E-state index in [1.165, 1.54) is 5.56 Å². The summed E-state index contributed by atoms with van der Waals surface area (Å²) in [6.45, 7) is 6.43. The smallest absolute Gasteiger partial charge is 0.275 e. The Hall–Kier alpha value is -2.90. The molecule has 2 aliphatic rings. The van der Waals surface area contributed by atoms with E-state index in [4.69, 9.17) is 4.74 Å². The Morgan fingerprint density at radius 2 is 2.03 bits per heavy atom. The van der Waals surface area contributed by atoms with Crippen LogP contribution in [0.5, 0.6) is 5.75 Å². The Labute approximate surface area is 179 Å². The predicted molar refractivity (Wildman–Crippen MR) is 121 cm³/mol. The maximum Gasteiger partial charge on any atom is 0.275 e. The van der Waals surface area contributed by atoms with Gasteiger partial charge in [0.05, 0.1) is 18.0 Å². The molecule has 6 nitrogen and oxygen atoms in total. The van der Waals surface area contributed by atoms with Gasteiger partial charge in [-0.2, -0.15) is 0 Å². The monoisotopic (exact) mass is 420 g/mol. The number of nitrogens with one attached hydrogen (secondary N) is 2. The zero-order valence-corrected chi connectivity index (χ0v) is 17.7. The van der Waals surface area contributed by atoms with Crippen LogP contribution in [0, 0.1) is 6.92 Å². The van der Waals surface area contributed by atoms with Crippen LogP contribution >= 0.6 is 11.3 Å². The van der Waals surface area contributed by atoms with Crippen LogP contribution in [-0.4, -0.2) is 43.7 Å². The molecule has 5 rings (SSSR count). The van der Waals surface area contributed by atoms with Crippen molar-refractivity contribution in [2.75, 3.05) is 43.0 Å². The molecular formula is C23H24N4O2S. The van der Waals surface area contributed by atoms with Gasteiger partial charge in [0.15, 0.2) is 0 Å². The van der Waals surface area contributed by atoms with E-state index in [0.29, 0.717) is 5.69 Å². The predicted octanol–water partition coefficient (Wildman–Crippen LogP) is 3.72. The summed E-state index contributed by atoms with van der Waals surface area (Å²) in [4.78, 5) is 21.0. The number of rotatable bonds is 4. The standard InChI is InChI=1S/C23H24N4O2S/c1-15-21(26-23(30-15)17-6-7-20-16(14-17)8-13-29-20)22(28)25-18-4-2-3-5-19(18)27-11-9-24-10-12-27/h2-7,14,24H,8-13H2,1H3,(H,25,28). The molecule has 2 N–H and O–H groups in total. The maximum absolute atomic E-state index is 13.1. The van der Waals surface area contributed by atoms with Crippen LogP contribution in [0.3, 0.4) is 0 Å². The van der Waals surface area contributed by atoms with Crippen molar-refractivity contribution in [2.45, 2.75) is 13.3 Å². The van der Waals surface area contributed by atoms with Crippen molar-refractivity contribution in [2.24, 2.45) is 0 Å². The highest BCUT2D eigenvalue weighted by Crippen LogP contribution is 2.34. The van der Waals surface area contributed by atoms with E-state index in [0.717, 1.165) is 71.8 Å². The number of anilines is 2. The number of carbonyl (C=O) groups excluding carboxylic acids is 1. The molecule has 0 spiro atoms. The highest BCUT2D eigenvalue weighted by Gasteiger charge is 2.21. The molecule has 1 amide bonds. The summed E-state index contributed by atoms with van der Waals surface area (Å²) in [5.41, 5.74) is 4.61. The number of aryl methyl sites for hydroxylation is 1. The van der Waals surface area contributed by atoms with Crippen molar-refractivity contribution in [3.05, 3.63) is 58.6 Å². The average Bonchev–Trinajstić information content (AvgIpc) is 3.40. The van der Waals surface area contributed by atoms with Crippen molar-refractivity contribution in [1.82, 2.24) is 10.3 Å². The number of amides is 1. The molecule has 2 aliphatic heterocycles. The lowest BCUT2D eigenvalue weighted by Gasteiger charge is -2.31. The lowest BCUT2D eigenvalue weighted by atomic mass is 10.1. The second kappa shape index (κ2) is 8.08. The molecular weight excluding hydrogens is 396 g/mol. The minimum atomic E-state index is -0.165. The van der Waals surface area contributed by atoms with E-state index < -0.39 is 0 Å². The second-order valence-corrected chi connectivity index (χ2v) is 8.76. The van der Waals surface area contributed by atoms with Crippen molar-refractivity contribution < 1.29 is 9.53 Å². The van der Waals surface area contributed by atoms with Crippen LogP contribution in [0.25, 0.3) is 10.6 Å². The molecule has 1 saturated heterocycles. The van der Waals surface area contributed by atoms with E-state index in [9.17, 15) is 4.79 Å². The fourth-order valence-corrected chi connectivity index (χ4v) is 4.90. The first-order chi connectivity index (χ1) is 14.7. The number of benzene rings is 2. The van der Waals surface area contributed by atoms with Gasteiger partial charge in [-0.15, -0.1) is 11.3 Å². The van der Waals surface area contributed by atoms with E-state index >= 15 is 0 Å². The van der Waals surface area contributed by atoms with Crippen molar-refractivity contribution >= 4 is 28.6 Å². The zero-order chi connectivity index (χ0) is 20.5. The summed E-state index contributed by atoms with van der Waals surface area (Å²) in [5, 5.41) is 7.32. The molecule has 3 heterocycles. The fraction of sp³-hybridized carbons (Fsp3) is 0.304. The zero-order valence-electron chi connectivity index (χ0n) is 16.9. The van der Waals surface area contributed by atoms with Gasteiger partial charge in [0.1, 0.15) is 16.5 Å². The number of ether oxygens (including phenoxy) is 1. The van der Waals surface area contributed by atoms with Crippen LogP contribution in [0.15, 0.2) is 42.5 Å². The first-order valence-corrected chi connectivity index (χ1v) is 11.1. The van der Waals surface area contributed by atoms with Crippen molar-refractivity contribution in [3.63, 3.8) is 0 Å². The van der Waals surface area contributed by atoms with Gasteiger partial charge in [-0.1, -0.05) is 12.1 Å². The van der Waals surface area contributed by atoms with Crippen LogP contribution in [0.4, 0.5) is 11.4 Å². The molecule has 0 saturated carbocycles. The summed E-state index contributed by atoms with van der Waals surface area (Å²) >= 11 is 1.55. The molecule has 1 aromatic heterocycles. The molecule has 0 atom stereocenters. The minimum Gasteiger partial charge on any atom is -0.493 e. The van der Waals surface area contributed by atoms with Gasteiger partial charge in [-0.3, -0.25) is 4.79 Å². The number of nitrogens with zero attached hydrogens (tertiary/aromatic N) is 2. The molecule has 154 valence electrons. The fourth-order valence-electron chi connectivity index (χ4n) is 3.99. The van der Waals surface area contributed by atoms with Gasteiger partial charge < -0.3 is 20.3 Å². The molecule has 3 aromatic rings. The maximum atomic E-state index is 13.1. The normalized spacial score (nSPS) is 15.6. The van der Waals surface area contributed by atoms with E-state index in [-0.39, 0.29) is 5.91 Å². The minimum absolute atomic E-state index is 0.165. The van der Waals surface area contributed by atoms with Crippen LogP contribution in [0.1, 0.15) is 20.9 Å². The summed E-state index contributed by atoms with van der Waals surface area (Å²) in [5.74, 6) is 0.789. The number of carbonyl (C=O) groups is 1. The van der Waals surface area contributed by atoms with E-state index in [1.54, 1.807) is 11.3 Å². The molecule has 7 heteroatoms. The molecule has 0 radical (unpaired) electrons. The third-order valence-corrected chi connectivity index (χ3v) is 6.58.